The molecule has 0 saturated heterocycles. The Hall–Kier alpha value is -0.670. The number of hydrogen-bond acceptors (Lipinski definition) is 3. The minimum atomic E-state index is -0.239. The summed E-state index contributed by atoms with van der Waals surface area (Å²) in [7, 11) is 0. The highest BCUT2D eigenvalue weighted by Crippen LogP contribution is 2.40. The number of carbonyl (C=O) groups is 1. The van der Waals surface area contributed by atoms with Gasteiger partial charge in [0.15, 0.2) is 5.78 Å². The summed E-state index contributed by atoms with van der Waals surface area (Å²) in [5.41, 5.74) is 5.56. The van der Waals surface area contributed by atoms with Crippen LogP contribution in [0.15, 0.2) is 12.1 Å². The van der Waals surface area contributed by atoms with E-state index in [0.717, 1.165) is 30.6 Å². The third-order valence-corrected chi connectivity index (χ3v) is 4.40. The summed E-state index contributed by atoms with van der Waals surface area (Å²) in [6.07, 6.45) is 4.24. The molecule has 0 spiro atoms. The van der Waals surface area contributed by atoms with Crippen molar-refractivity contribution in [3.8, 4) is 0 Å². The molecular formula is C12H17NOS. The molecule has 0 atom stereocenters. The van der Waals surface area contributed by atoms with Crippen molar-refractivity contribution in [3.05, 3.63) is 21.9 Å². The third kappa shape index (κ3) is 1.86. The van der Waals surface area contributed by atoms with Gasteiger partial charge in [-0.1, -0.05) is 12.8 Å². The van der Waals surface area contributed by atoms with E-state index in [9.17, 15) is 4.79 Å². The van der Waals surface area contributed by atoms with Gasteiger partial charge in [-0.25, -0.2) is 0 Å². The van der Waals surface area contributed by atoms with Crippen molar-refractivity contribution < 1.29 is 4.79 Å². The van der Waals surface area contributed by atoms with Gasteiger partial charge >= 0.3 is 0 Å². The second kappa shape index (κ2) is 4.06. The van der Waals surface area contributed by atoms with Gasteiger partial charge in [0.25, 0.3) is 0 Å². The lowest BCUT2D eigenvalue weighted by molar-refractivity contribution is 0.0814. The van der Waals surface area contributed by atoms with Gasteiger partial charge < -0.3 is 5.73 Å². The Morgan fingerprint density at radius 1 is 1.47 bits per heavy atom. The molecule has 1 saturated carbocycles. The van der Waals surface area contributed by atoms with Crippen LogP contribution in [0.25, 0.3) is 0 Å². The second-order valence-corrected chi connectivity index (χ2v) is 5.72. The summed E-state index contributed by atoms with van der Waals surface area (Å²) in [4.78, 5) is 14.4. The first kappa shape index (κ1) is 10.8. The van der Waals surface area contributed by atoms with Crippen LogP contribution in [0.1, 0.15) is 40.2 Å². The highest BCUT2D eigenvalue weighted by molar-refractivity contribution is 7.14. The Kier molecular flexibility index (Phi) is 2.94. The van der Waals surface area contributed by atoms with Crippen LogP contribution in [0.3, 0.4) is 0 Å². The first-order chi connectivity index (χ1) is 7.18. The molecule has 3 heteroatoms. The van der Waals surface area contributed by atoms with E-state index in [0.29, 0.717) is 6.54 Å². The number of rotatable bonds is 3. The number of nitrogens with two attached hydrogens (primary N) is 1. The molecule has 0 radical (unpaired) electrons. The maximum Gasteiger partial charge on any atom is 0.180 e. The first-order valence-corrected chi connectivity index (χ1v) is 6.31. The largest absolute Gasteiger partial charge is 0.329 e. The van der Waals surface area contributed by atoms with Gasteiger partial charge in [0.2, 0.25) is 0 Å². The quantitative estimate of drug-likeness (QED) is 0.801. The molecule has 2 rings (SSSR count). The zero-order valence-corrected chi connectivity index (χ0v) is 9.90. The Morgan fingerprint density at radius 2 is 2.13 bits per heavy atom. The summed E-state index contributed by atoms with van der Waals surface area (Å²) in [5, 5.41) is 0. The fraction of sp³-hybridized carbons (Fsp3) is 0.583. The van der Waals surface area contributed by atoms with E-state index in [1.165, 1.54) is 4.88 Å². The highest BCUT2D eigenvalue weighted by atomic mass is 32.1. The van der Waals surface area contributed by atoms with Crippen LogP contribution in [-0.2, 0) is 0 Å². The van der Waals surface area contributed by atoms with Gasteiger partial charge in [-0.05, 0) is 31.9 Å². The van der Waals surface area contributed by atoms with Gasteiger partial charge in [0.1, 0.15) is 0 Å². The van der Waals surface area contributed by atoms with Gasteiger partial charge in [-0.3, -0.25) is 4.79 Å². The van der Waals surface area contributed by atoms with Gasteiger partial charge in [0.05, 0.1) is 4.88 Å². The van der Waals surface area contributed by atoms with Crippen LogP contribution >= 0.6 is 11.3 Å². The van der Waals surface area contributed by atoms with Crippen molar-refractivity contribution in [2.75, 3.05) is 6.54 Å². The zero-order valence-electron chi connectivity index (χ0n) is 9.08. The lowest BCUT2D eigenvalue weighted by Gasteiger charge is -2.24. The van der Waals surface area contributed by atoms with Crippen LogP contribution in [0.5, 0.6) is 0 Å². The van der Waals surface area contributed by atoms with Gasteiger partial charge in [-0.15, -0.1) is 11.3 Å². The Bertz CT molecular complexity index is 363. The molecule has 2 N–H and O–H groups in total. The molecule has 1 aromatic rings. The standard InChI is InChI=1S/C12H17NOS/c1-9-4-5-10(15-9)11(14)12(8-13)6-2-3-7-12/h4-5H,2-3,6-8,13H2,1H3. The number of Topliss-reactive ketones (excluding diaryl/α,β-unsaturated/α-hetero) is 1. The minimum Gasteiger partial charge on any atom is -0.329 e. The molecule has 1 aliphatic rings. The summed E-state index contributed by atoms with van der Waals surface area (Å²) in [6, 6.07) is 3.95. The van der Waals surface area contributed by atoms with E-state index in [-0.39, 0.29) is 11.2 Å². The lowest BCUT2D eigenvalue weighted by Crippen LogP contribution is -2.35. The molecule has 82 valence electrons. The van der Waals surface area contributed by atoms with Crippen molar-refractivity contribution in [2.45, 2.75) is 32.6 Å². The van der Waals surface area contributed by atoms with E-state index in [2.05, 4.69) is 0 Å². The number of ketones is 1. The predicted octanol–water partition coefficient (Wildman–Crippen LogP) is 2.76. The first-order valence-electron chi connectivity index (χ1n) is 5.49. The molecule has 0 aromatic carbocycles. The average molecular weight is 223 g/mol. The summed E-state index contributed by atoms with van der Waals surface area (Å²) in [6.45, 7) is 2.54. The molecular weight excluding hydrogens is 206 g/mol. The topological polar surface area (TPSA) is 43.1 Å². The molecule has 1 aromatic heterocycles. The van der Waals surface area contributed by atoms with E-state index in [4.69, 9.17) is 5.73 Å². The molecule has 0 aliphatic heterocycles. The summed E-state index contributed by atoms with van der Waals surface area (Å²) < 4.78 is 0. The third-order valence-electron chi connectivity index (χ3n) is 3.40. The molecule has 15 heavy (non-hydrogen) atoms. The smallest absolute Gasteiger partial charge is 0.180 e. The predicted molar refractivity (Wildman–Crippen MR) is 63.3 cm³/mol. The number of aryl methyl sites for hydroxylation is 1. The van der Waals surface area contributed by atoms with Gasteiger partial charge in [0, 0.05) is 16.8 Å². The minimum absolute atomic E-state index is 0.239. The lowest BCUT2D eigenvalue weighted by atomic mass is 9.81. The van der Waals surface area contributed by atoms with E-state index >= 15 is 0 Å². The average Bonchev–Trinajstić information content (AvgIpc) is 2.86. The van der Waals surface area contributed by atoms with Crippen LogP contribution < -0.4 is 5.73 Å². The molecule has 1 fully saturated rings. The highest BCUT2D eigenvalue weighted by Gasteiger charge is 2.40. The summed E-state index contributed by atoms with van der Waals surface area (Å²) >= 11 is 1.59. The van der Waals surface area contributed by atoms with Crippen molar-refractivity contribution in [2.24, 2.45) is 11.1 Å². The van der Waals surface area contributed by atoms with Crippen LogP contribution in [0.4, 0.5) is 0 Å². The summed E-state index contributed by atoms with van der Waals surface area (Å²) in [5.74, 6) is 0.278. The van der Waals surface area contributed by atoms with E-state index in [1.807, 2.05) is 19.1 Å². The van der Waals surface area contributed by atoms with Crippen molar-refractivity contribution in [3.63, 3.8) is 0 Å². The number of hydrogen-bond donors (Lipinski definition) is 1. The molecule has 2 nitrogen and oxygen atoms in total. The normalized spacial score (nSPS) is 19.3. The van der Waals surface area contributed by atoms with E-state index < -0.39 is 0 Å². The Balaban J connectivity index is 2.26. The van der Waals surface area contributed by atoms with Crippen LogP contribution in [-0.4, -0.2) is 12.3 Å². The fourth-order valence-electron chi connectivity index (χ4n) is 2.39. The molecule has 0 amide bonds. The van der Waals surface area contributed by atoms with Crippen molar-refractivity contribution >= 4 is 17.1 Å². The van der Waals surface area contributed by atoms with Crippen LogP contribution in [0, 0.1) is 12.3 Å². The van der Waals surface area contributed by atoms with Gasteiger partial charge in [-0.2, -0.15) is 0 Å². The van der Waals surface area contributed by atoms with Crippen LogP contribution in [0.2, 0.25) is 0 Å². The molecule has 1 aliphatic carbocycles. The number of thiophene rings is 1. The maximum atomic E-state index is 12.3. The Labute approximate surface area is 94.5 Å². The maximum absolute atomic E-state index is 12.3. The zero-order chi connectivity index (χ0) is 10.9. The molecule has 1 heterocycles. The molecule has 0 bridgehead atoms. The SMILES string of the molecule is Cc1ccc(C(=O)C2(CN)CCCC2)s1. The fourth-order valence-corrected chi connectivity index (χ4v) is 3.32. The molecule has 0 unspecified atom stereocenters. The van der Waals surface area contributed by atoms with Crippen molar-refractivity contribution in [1.29, 1.82) is 0 Å². The van der Waals surface area contributed by atoms with Crippen molar-refractivity contribution in [1.82, 2.24) is 0 Å². The Morgan fingerprint density at radius 3 is 2.60 bits per heavy atom. The monoisotopic (exact) mass is 223 g/mol. The second-order valence-electron chi connectivity index (χ2n) is 4.43. The number of carbonyl (C=O) groups excluding carboxylic acids is 1. The van der Waals surface area contributed by atoms with E-state index in [1.54, 1.807) is 11.3 Å².